The highest BCUT2D eigenvalue weighted by Crippen LogP contribution is 2.32. The topological polar surface area (TPSA) is 32.7 Å². The molecule has 0 saturated heterocycles. The normalized spacial score (nSPS) is 16.8. The molecular weight excluding hydrogens is 279 g/mol. The van der Waals surface area contributed by atoms with Crippen LogP contribution in [0.2, 0.25) is 0 Å². The van der Waals surface area contributed by atoms with Crippen molar-refractivity contribution in [3.63, 3.8) is 0 Å². The number of carbonyl (C=O) groups is 1. The highest BCUT2D eigenvalue weighted by atomic mass is 19.1. The Morgan fingerprint density at radius 2 is 2.00 bits per heavy atom. The van der Waals surface area contributed by atoms with Gasteiger partial charge in [-0.1, -0.05) is 36.4 Å². The summed E-state index contributed by atoms with van der Waals surface area (Å²) in [4.78, 5) is 17.1. The number of nitrogens with zero attached hydrogens (tertiary/aromatic N) is 2. The van der Waals surface area contributed by atoms with Crippen molar-refractivity contribution >= 4 is 17.8 Å². The molecule has 0 spiro atoms. The fourth-order valence-corrected chi connectivity index (χ4v) is 2.33. The summed E-state index contributed by atoms with van der Waals surface area (Å²) in [7, 11) is 0. The first-order valence-corrected chi connectivity index (χ1v) is 7.01. The number of amides is 1. The van der Waals surface area contributed by atoms with E-state index in [1.54, 1.807) is 29.4 Å². The van der Waals surface area contributed by atoms with Crippen LogP contribution in [0.25, 0.3) is 0 Å². The summed E-state index contributed by atoms with van der Waals surface area (Å²) in [6.45, 7) is 1.49. The molecule has 1 unspecified atom stereocenters. The first kappa shape index (κ1) is 14.2. The van der Waals surface area contributed by atoms with Crippen LogP contribution in [0.3, 0.4) is 0 Å². The summed E-state index contributed by atoms with van der Waals surface area (Å²) in [5, 5.41) is 0. The Bertz CT molecular complexity index is 753. The average Bonchev–Trinajstić information content (AvgIpc) is 2.46. The third kappa shape index (κ3) is 2.81. The van der Waals surface area contributed by atoms with Crippen LogP contribution in [0, 0.1) is 5.82 Å². The number of hydrogen-bond donors (Lipinski definition) is 0. The standard InChI is InChI=1S/C18H15FN2O/c1-13(22)21-10-9-18(21)15-7-8-17(16(19)11-15)20-12-14-5-3-2-4-6-14/h2-12,18H,1H3. The van der Waals surface area contributed by atoms with E-state index in [4.69, 9.17) is 0 Å². The molecule has 3 rings (SSSR count). The van der Waals surface area contributed by atoms with Gasteiger partial charge in [0, 0.05) is 19.3 Å². The monoisotopic (exact) mass is 294 g/mol. The summed E-state index contributed by atoms with van der Waals surface area (Å²) in [5.41, 5.74) is 1.94. The van der Waals surface area contributed by atoms with Crippen LogP contribution in [0.1, 0.15) is 24.1 Å². The first-order chi connectivity index (χ1) is 10.6. The maximum absolute atomic E-state index is 14.2. The van der Waals surface area contributed by atoms with Crippen LogP contribution in [-0.2, 0) is 4.79 Å². The van der Waals surface area contributed by atoms with E-state index in [2.05, 4.69) is 4.99 Å². The molecule has 1 aliphatic rings. The number of carbonyl (C=O) groups excluding carboxylic acids is 1. The summed E-state index contributed by atoms with van der Waals surface area (Å²) in [5.74, 6) is -0.451. The molecule has 0 bridgehead atoms. The SMILES string of the molecule is CC(=O)N1C=CC1c1ccc(N=Cc2ccccc2)c(F)c1. The average molecular weight is 294 g/mol. The third-order valence-corrected chi connectivity index (χ3v) is 3.56. The van der Waals surface area contributed by atoms with Crippen molar-refractivity contribution in [1.82, 2.24) is 4.90 Å². The predicted molar refractivity (Wildman–Crippen MR) is 84.5 cm³/mol. The van der Waals surface area contributed by atoms with E-state index in [-0.39, 0.29) is 17.6 Å². The van der Waals surface area contributed by atoms with E-state index in [1.165, 1.54) is 13.0 Å². The Hall–Kier alpha value is -2.75. The second-order valence-electron chi connectivity index (χ2n) is 5.09. The number of halogens is 1. The van der Waals surface area contributed by atoms with Crippen LogP contribution in [0.5, 0.6) is 0 Å². The second-order valence-corrected chi connectivity index (χ2v) is 5.09. The molecule has 0 saturated carbocycles. The first-order valence-electron chi connectivity index (χ1n) is 7.01. The van der Waals surface area contributed by atoms with Gasteiger partial charge in [-0.2, -0.15) is 0 Å². The molecule has 2 aromatic rings. The molecule has 0 aromatic heterocycles. The summed E-state index contributed by atoms with van der Waals surface area (Å²) >= 11 is 0. The largest absolute Gasteiger partial charge is 0.308 e. The van der Waals surface area contributed by atoms with Gasteiger partial charge in [0.1, 0.15) is 5.82 Å². The minimum atomic E-state index is -0.395. The van der Waals surface area contributed by atoms with E-state index in [1.807, 2.05) is 36.4 Å². The second kappa shape index (κ2) is 5.93. The molecule has 1 aliphatic heterocycles. The molecular formula is C18H15FN2O. The zero-order valence-corrected chi connectivity index (χ0v) is 12.1. The van der Waals surface area contributed by atoms with E-state index in [0.717, 1.165) is 11.1 Å². The smallest absolute Gasteiger partial charge is 0.224 e. The summed E-state index contributed by atoms with van der Waals surface area (Å²) in [6.07, 6.45) is 5.19. The van der Waals surface area contributed by atoms with Gasteiger partial charge >= 0.3 is 0 Å². The number of benzene rings is 2. The van der Waals surface area contributed by atoms with Gasteiger partial charge in [0.15, 0.2) is 0 Å². The van der Waals surface area contributed by atoms with Crippen LogP contribution >= 0.6 is 0 Å². The van der Waals surface area contributed by atoms with Crippen LogP contribution in [-0.4, -0.2) is 17.0 Å². The molecule has 0 N–H and O–H groups in total. The lowest BCUT2D eigenvalue weighted by molar-refractivity contribution is -0.128. The fraction of sp³-hybridized carbons (Fsp3) is 0.111. The number of aliphatic imine (C=N–C) groups is 1. The van der Waals surface area contributed by atoms with Crippen molar-refractivity contribution in [2.24, 2.45) is 4.99 Å². The maximum Gasteiger partial charge on any atom is 0.224 e. The van der Waals surface area contributed by atoms with E-state index in [0.29, 0.717) is 0 Å². The Morgan fingerprint density at radius 1 is 1.23 bits per heavy atom. The molecule has 2 aromatic carbocycles. The molecule has 1 atom stereocenters. The van der Waals surface area contributed by atoms with Gasteiger partial charge in [0.25, 0.3) is 0 Å². The van der Waals surface area contributed by atoms with Crippen molar-refractivity contribution in [1.29, 1.82) is 0 Å². The van der Waals surface area contributed by atoms with Crippen LogP contribution in [0.4, 0.5) is 10.1 Å². The third-order valence-electron chi connectivity index (χ3n) is 3.56. The van der Waals surface area contributed by atoms with Gasteiger partial charge in [-0.15, -0.1) is 0 Å². The van der Waals surface area contributed by atoms with Crippen molar-refractivity contribution < 1.29 is 9.18 Å². The Morgan fingerprint density at radius 3 is 2.59 bits per heavy atom. The molecule has 4 heteroatoms. The molecule has 3 nitrogen and oxygen atoms in total. The summed E-state index contributed by atoms with van der Waals surface area (Å²) in [6, 6.07) is 14.2. The lowest BCUT2D eigenvalue weighted by Gasteiger charge is -2.33. The molecule has 1 heterocycles. The molecule has 0 radical (unpaired) electrons. The fourth-order valence-electron chi connectivity index (χ4n) is 2.33. The zero-order chi connectivity index (χ0) is 15.5. The minimum absolute atomic E-state index is 0.0564. The van der Waals surface area contributed by atoms with E-state index >= 15 is 0 Å². The van der Waals surface area contributed by atoms with E-state index < -0.39 is 5.82 Å². The van der Waals surface area contributed by atoms with Gasteiger partial charge in [-0.3, -0.25) is 9.79 Å². The number of rotatable bonds is 3. The highest BCUT2D eigenvalue weighted by Gasteiger charge is 2.25. The Labute approximate surface area is 128 Å². The molecule has 0 aliphatic carbocycles. The quantitative estimate of drug-likeness (QED) is 0.788. The Balaban J connectivity index is 1.80. The maximum atomic E-state index is 14.2. The molecule has 0 fully saturated rings. The van der Waals surface area contributed by atoms with Gasteiger partial charge in [-0.25, -0.2) is 4.39 Å². The molecule has 22 heavy (non-hydrogen) atoms. The van der Waals surface area contributed by atoms with Gasteiger partial charge in [0.05, 0.1) is 11.7 Å². The van der Waals surface area contributed by atoms with Crippen molar-refractivity contribution in [3.05, 3.63) is 77.8 Å². The lowest BCUT2D eigenvalue weighted by Crippen LogP contribution is -2.33. The number of hydrogen-bond acceptors (Lipinski definition) is 2. The molecule has 1 amide bonds. The Kier molecular flexibility index (Phi) is 3.83. The van der Waals surface area contributed by atoms with Crippen LogP contribution < -0.4 is 0 Å². The van der Waals surface area contributed by atoms with Gasteiger partial charge in [-0.05, 0) is 29.3 Å². The predicted octanol–water partition coefficient (Wildman–Crippen LogP) is 3.99. The van der Waals surface area contributed by atoms with E-state index in [9.17, 15) is 9.18 Å². The zero-order valence-electron chi connectivity index (χ0n) is 12.1. The minimum Gasteiger partial charge on any atom is -0.308 e. The van der Waals surface area contributed by atoms with Crippen molar-refractivity contribution in [2.45, 2.75) is 13.0 Å². The highest BCUT2D eigenvalue weighted by molar-refractivity contribution is 5.82. The molecule has 110 valence electrons. The van der Waals surface area contributed by atoms with Gasteiger partial charge in [0.2, 0.25) is 5.91 Å². The van der Waals surface area contributed by atoms with Gasteiger partial charge < -0.3 is 4.90 Å². The lowest BCUT2D eigenvalue weighted by atomic mass is 10.0. The van der Waals surface area contributed by atoms with Crippen molar-refractivity contribution in [2.75, 3.05) is 0 Å². The summed E-state index contributed by atoms with van der Waals surface area (Å²) < 4.78 is 14.2. The van der Waals surface area contributed by atoms with Crippen LogP contribution in [0.15, 0.2) is 65.8 Å². The van der Waals surface area contributed by atoms with Crippen molar-refractivity contribution in [3.8, 4) is 0 Å².